The van der Waals surface area contributed by atoms with Crippen LogP contribution < -0.4 is 4.90 Å². The van der Waals surface area contributed by atoms with Crippen LogP contribution in [0, 0.1) is 0 Å². The van der Waals surface area contributed by atoms with E-state index in [0.29, 0.717) is 37.0 Å². The zero-order chi connectivity index (χ0) is 18.7. The highest BCUT2D eigenvalue weighted by Gasteiger charge is 2.29. The maximum absolute atomic E-state index is 12.7. The van der Waals surface area contributed by atoms with Gasteiger partial charge in [0.15, 0.2) is 0 Å². The van der Waals surface area contributed by atoms with Gasteiger partial charge < -0.3 is 4.90 Å². The van der Waals surface area contributed by atoms with Crippen LogP contribution in [-0.4, -0.2) is 48.9 Å². The van der Waals surface area contributed by atoms with Gasteiger partial charge in [-0.25, -0.2) is 18.4 Å². The summed E-state index contributed by atoms with van der Waals surface area (Å²) in [6.07, 6.45) is 1.75. The maximum atomic E-state index is 12.7. The van der Waals surface area contributed by atoms with Crippen molar-refractivity contribution in [3.05, 3.63) is 72.9 Å². The lowest BCUT2D eigenvalue weighted by Gasteiger charge is -2.34. The van der Waals surface area contributed by atoms with Crippen molar-refractivity contribution in [2.45, 2.75) is 4.90 Å². The summed E-state index contributed by atoms with van der Waals surface area (Å²) in [5.74, 6) is 0.633. The van der Waals surface area contributed by atoms with E-state index in [9.17, 15) is 8.42 Å². The number of nitrogens with zero attached hydrogens (tertiary/aromatic N) is 4. The second-order valence-corrected chi connectivity index (χ2v) is 8.25. The molecule has 0 N–H and O–H groups in total. The standard InChI is InChI=1S/C20H20N4O2S/c25-27(26,18-9-5-2-6-10-18)24-15-13-23(14-16-24)20-21-12-11-19(22-20)17-7-3-1-4-8-17/h1-12H,13-16H2. The molecule has 0 bridgehead atoms. The van der Waals surface area contributed by atoms with Gasteiger partial charge in [0.05, 0.1) is 10.6 Å². The Morgan fingerprint density at radius 1 is 0.778 bits per heavy atom. The molecule has 2 aromatic carbocycles. The van der Waals surface area contributed by atoms with E-state index in [1.807, 2.05) is 47.4 Å². The van der Waals surface area contributed by atoms with Gasteiger partial charge in [0.1, 0.15) is 0 Å². The Hall–Kier alpha value is -2.77. The summed E-state index contributed by atoms with van der Waals surface area (Å²) in [6, 6.07) is 20.4. The van der Waals surface area contributed by atoms with Crippen LogP contribution in [0.25, 0.3) is 11.3 Å². The van der Waals surface area contributed by atoms with Crippen LogP contribution in [0.15, 0.2) is 77.8 Å². The molecule has 1 saturated heterocycles. The minimum Gasteiger partial charge on any atom is -0.338 e. The number of piperazine rings is 1. The van der Waals surface area contributed by atoms with Gasteiger partial charge in [-0.1, -0.05) is 48.5 Å². The summed E-state index contributed by atoms with van der Waals surface area (Å²) in [5.41, 5.74) is 1.89. The van der Waals surface area contributed by atoms with E-state index in [0.717, 1.165) is 11.3 Å². The van der Waals surface area contributed by atoms with E-state index in [1.165, 1.54) is 4.31 Å². The molecule has 0 unspecified atom stereocenters. The molecule has 2 heterocycles. The fourth-order valence-corrected chi connectivity index (χ4v) is 4.58. The molecule has 0 radical (unpaired) electrons. The van der Waals surface area contributed by atoms with E-state index in [4.69, 9.17) is 0 Å². The first kappa shape index (κ1) is 17.6. The van der Waals surface area contributed by atoms with Crippen LogP contribution in [-0.2, 0) is 10.0 Å². The first-order chi connectivity index (χ1) is 13.1. The second kappa shape index (κ2) is 7.46. The average molecular weight is 380 g/mol. The van der Waals surface area contributed by atoms with Crippen LogP contribution in [0.4, 0.5) is 5.95 Å². The Balaban J connectivity index is 1.49. The van der Waals surface area contributed by atoms with E-state index < -0.39 is 10.0 Å². The van der Waals surface area contributed by atoms with Crippen LogP contribution in [0.2, 0.25) is 0 Å². The predicted molar refractivity (Wildman–Crippen MR) is 105 cm³/mol. The van der Waals surface area contributed by atoms with E-state index in [1.54, 1.807) is 30.5 Å². The number of anilines is 1. The molecule has 7 heteroatoms. The minimum absolute atomic E-state index is 0.334. The average Bonchev–Trinajstić information content (AvgIpc) is 2.75. The van der Waals surface area contributed by atoms with Gasteiger partial charge in [0, 0.05) is 37.9 Å². The van der Waals surface area contributed by atoms with Crippen molar-refractivity contribution in [2.75, 3.05) is 31.1 Å². The monoisotopic (exact) mass is 380 g/mol. The first-order valence-corrected chi connectivity index (χ1v) is 10.3. The highest BCUT2D eigenvalue weighted by atomic mass is 32.2. The van der Waals surface area contributed by atoms with Crippen molar-refractivity contribution in [3.63, 3.8) is 0 Å². The predicted octanol–water partition coefficient (Wildman–Crippen LogP) is 2.65. The van der Waals surface area contributed by atoms with E-state index in [-0.39, 0.29) is 0 Å². The third-order valence-corrected chi connectivity index (χ3v) is 6.53. The molecule has 0 amide bonds. The Labute approximate surface area is 159 Å². The summed E-state index contributed by atoms with van der Waals surface area (Å²) in [6.45, 7) is 1.95. The molecule has 0 spiro atoms. The van der Waals surface area contributed by atoms with Gasteiger partial charge in [-0.2, -0.15) is 4.31 Å². The van der Waals surface area contributed by atoms with Crippen molar-refractivity contribution in [1.82, 2.24) is 14.3 Å². The molecule has 4 rings (SSSR count). The summed E-state index contributed by atoms with van der Waals surface area (Å²) in [5, 5.41) is 0. The molecule has 27 heavy (non-hydrogen) atoms. The number of rotatable bonds is 4. The summed E-state index contributed by atoms with van der Waals surface area (Å²) >= 11 is 0. The number of sulfonamides is 1. The lowest BCUT2D eigenvalue weighted by atomic mass is 10.1. The third-order valence-electron chi connectivity index (χ3n) is 4.61. The van der Waals surface area contributed by atoms with Gasteiger partial charge in [-0.15, -0.1) is 0 Å². The molecular formula is C20H20N4O2S. The fourth-order valence-electron chi connectivity index (χ4n) is 3.14. The van der Waals surface area contributed by atoms with E-state index >= 15 is 0 Å². The fraction of sp³-hybridized carbons (Fsp3) is 0.200. The molecule has 3 aromatic rings. The third kappa shape index (κ3) is 3.70. The molecule has 0 saturated carbocycles. The van der Waals surface area contributed by atoms with Crippen molar-refractivity contribution in [3.8, 4) is 11.3 Å². The molecule has 0 aliphatic carbocycles. The van der Waals surface area contributed by atoms with E-state index in [2.05, 4.69) is 9.97 Å². The topological polar surface area (TPSA) is 66.4 Å². The van der Waals surface area contributed by atoms with Gasteiger partial charge in [-0.3, -0.25) is 0 Å². The zero-order valence-corrected chi connectivity index (χ0v) is 15.6. The molecule has 1 aliphatic heterocycles. The quantitative estimate of drug-likeness (QED) is 0.696. The van der Waals surface area contributed by atoms with Crippen LogP contribution >= 0.6 is 0 Å². The first-order valence-electron chi connectivity index (χ1n) is 8.83. The lowest BCUT2D eigenvalue weighted by Crippen LogP contribution is -2.49. The summed E-state index contributed by atoms with van der Waals surface area (Å²) in [4.78, 5) is 11.4. The van der Waals surface area contributed by atoms with Crippen molar-refractivity contribution in [2.24, 2.45) is 0 Å². The molecule has 6 nitrogen and oxygen atoms in total. The Bertz CT molecular complexity index is 1000. The number of hydrogen-bond donors (Lipinski definition) is 0. The SMILES string of the molecule is O=S(=O)(c1ccccc1)N1CCN(c2nccc(-c3ccccc3)n2)CC1. The molecule has 138 valence electrons. The highest BCUT2D eigenvalue weighted by Crippen LogP contribution is 2.21. The Kier molecular flexibility index (Phi) is 4.87. The van der Waals surface area contributed by atoms with Crippen LogP contribution in [0.1, 0.15) is 0 Å². The molecular weight excluding hydrogens is 360 g/mol. The van der Waals surface area contributed by atoms with Crippen LogP contribution in [0.3, 0.4) is 0 Å². The van der Waals surface area contributed by atoms with Crippen LogP contribution in [0.5, 0.6) is 0 Å². The van der Waals surface area contributed by atoms with Gasteiger partial charge >= 0.3 is 0 Å². The maximum Gasteiger partial charge on any atom is 0.243 e. The number of hydrogen-bond acceptors (Lipinski definition) is 5. The molecule has 1 aromatic heterocycles. The second-order valence-electron chi connectivity index (χ2n) is 6.31. The largest absolute Gasteiger partial charge is 0.338 e. The zero-order valence-electron chi connectivity index (χ0n) is 14.8. The minimum atomic E-state index is -3.45. The Morgan fingerprint density at radius 3 is 2.07 bits per heavy atom. The molecule has 1 fully saturated rings. The van der Waals surface area contributed by atoms with Crippen molar-refractivity contribution >= 4 is 16.0 Å². The summed E-state index contributed by atoms with van der Waals surface area (Å²) in [7, 11) is -3.45. The summed E-state index contributed by atoms with van der Waals surface area (Å²) < 4.78 is 27.0. The highest BCUT2D eigenvalue weighted by molar-refractivity contribution is 7.89. The smallest absolute Gasteiger partial charge is 0.243 e. The van der Waals surface area contributed by atoms with Gasteiger partial charge in [0.25, 0.3) is 0 Å². The van der Waals surface area contributed by atoms with Gasteiger partial charge in [0.2, 0.25) is 16.0 Å². The lowest BCUT2D eigenvalue weighted by molar-refractivity contribution is 0.382. The van der Waals surface area contributed by atoms with Crippen molar-refractivity contribution < 1.29 is 8.42 Å². The Morgan fingerprint density at radius 2 is 1.41 bits per heavy atom. The van der Waals surface area contributed by atoms with Gasteiger partial charge in [-0.05, 0) is 18.2 Å². The normalized spacial score (nSPS) is 15.6. The number of aromatic nitrogens is 2. The van der Waals surface area contributed by atoms with Crippen molar-refractivity contribution in [1.29, 1.82) is 0 Å². The number of benzene rings is 2. The molecule has 0 atom stereocenters. The molecule has 1 aliphatic rings.